The van der Waals surface area contributed by atoms with E-state index in [4.69, 9.17) is 4.74 Å². The molecule has 20 heavy (non-hydrogen) atoms. The number of hydrogen-bond acceptors (Lipinski definition) is 3. The van der Waals surface area contributed by atoms with Crippen molar-refractivity contribution in [1.82, 2.24) is 5.32 Å². The zero-order valence-electron chi connectivity index (χ0n) is 11.5. The molecule has 3 N–H and O–H groups in total. The van der Waals surface area contributed by atoms with E-state index >= 15 is 0 Å². The number of hydrogen-bond donors (Lipinski definition) is 3. The highest BCUT2D eigenvalue weighted by atomic mass is 16.5. The average molecular weight is 278 g/mol. The standard InChI is InChI=1S/C14H18N2O4/c1-9-4-3-5-10(2)11(9)15-13(19)16-14(12(17)18)6-7-20-8-14/h3-5H,6-8H2,1-2H3,(H,17,18)(H2,15,16,19). The van der Waals surface area contributed by atoms with Crippen molar-refractivity contribution >= 4 is 17.7 Å². The number of nitrogens with one attached hydrogen (secondary N) is 2. The van der Waals surface area contributed by atoms with E-state index in [1.807, 2.05) is 32.0 Å². The molecule has 1 aromatic rings. The number of rotatable bonds is 3. The molecule has 1 atom stereocenters. The molecule has 1 aromatic carbocycles. The number of amides is 2. The Labute approximate surface area is 117 Å². The maximum absolute atomic E-state index is 12.0. The second kappa shape index (κ2) is 5.50. The molecular weight excluding hydrogens is 260 g/mol. The number of para-hydroxylation sites is 1. The first kappa shape index (κ1) is 14.3. The Kier molecular flexibility index (Phi) is 3.94. The second-order valence-corrected chi connectivity index (χ2v) is 5.04. The van der Waals surface area contributed by atoms with Crippen LogP contribution in [0.5, 0.6) is 0 Å². The van der Waals surface area contributed by atoms with Crippen LogP contribution in [0.3, 0.4) is 0 Å². The number of ether oxygens (including phenoxy) is 1. The summed E-state index contributed by atoms with van der Waals surface area (Å²) in [4.78, 5) is 23.4. The molecule has 6 nitrogen and oxygen atoms in total. The largest absolute Gasteiger partial charge is 0.479 e. The normalized spacial score (nSPS) is 21.5. The first-order valence-corrected chi connectivity index (χ1v) is 6.41. The summed E-state index contributed by atoms with van der Waals surface area (Å²) in [6.45, 7) is 4.08. The Morgan fingerprint density at radius 1 is 1.30 bits per heavy atom. The third-order valence-electron chi connectivity index (χ3n) is 3.50. The van der Waals surface area contributed by atoms with Gasteiger partial charge in [0.25, 0.3) is 0 Å². The number of carboxylic acid groups (broad SMARTS) is 1. The lowest BCUT2D eigenvalue weighted by Crippen LogP contribution is -2.56. The van der Waals surface area contributed by atoms with Crippen LogP contribution in [0.25, 0.3) is 0 Å². The van der Waals surface area contributed by atoms with Gasteiger partial charge in [-0.05, 0) is 25.0 Å². The van der Waals surface area contributed by atoms with Crippen LogP contribution in [0, 0.1) is 13.8 Å². The van der Waals surface area contributed by atoms with Crippen LogP contribution in [-0.2, 0) is 9.53 Å². The zero-order chi connectivity index (χ0) is 14.8. The molecule has 2 amide bonds. The van der Waals surface area contributed by atoms with Gasteiger partial charge in [-0.1, -0.05) is 18.2 Å². The van der Waals surface area contributed by atoms with Crippen LogP contribution < -0.4 is 10.6 Å². The van der Waals surface area contributed by atoms with E-state index in [9.17, 15) is 14.7 Å². The lowest BCUT2D eigenvalue weighted by Gasteiger charge is -2.24. The molecule has 6 heteroatoms. The predicted molar refractivity (Wildman–Crippen MR) is 73.9 cm³/mol. The Balaban J connectivity index is 2.11. The van der Waals surface area contributed by atoms with Crippen LogP contribution in [0.1, 0.15) is 17.5 Å². The molecule has 0 spiro atoms. The fourth-order valence-electron chi connectivity index (χ4n) is 2.26. The van der Waals surface area contributed by atoms with Crippen LogP contribution in [-0.4, -0.2) is 35.9 Å². The molecule has 1 aliphatic heterocycles. The summed E-state index contributed by atoms with van der Waals surface area (Å²) in [6, 6.07) is 5.13. The van der Waals surface area contributed by atoms with Crippen molar-refractivity contribution in [2.24, 2.45) is 0 Å². The first-order valence-electron chi connectivity index (χ1n) is 6.41. The molecular formula is C14H18N2O4. The van der Waals surface area contributed by atoms with Crippen LogP contribution in [0.4, 0.5) is 10.5 Å². The molecule has 0 aliphatic carbocycles. The van der Waals surface area contributed by atoms with E-state index in [0.717, 1.165) is 11.1 Å². The number of carboxylic acids is 1. The highest BCUT2D eigenvalue weighted by Crippen LogP contribution is 2.22. The summed E-state index contributed by atoms with van der Waals surface area (Å²) in [5.41, 5.74) is 1.21. The molecule has 0 saturated carbocycles. The summed E-state index contributed by atoms with van der Waals surface area (Å²) in [5, 5.41) is 14.5. The number of urea groups is 1. The molecule has 0 aromatic heterocycles. The van der Waals surface area contributed by atoms with Crippen molar-refractivity contribution in [1.29, 1.82) is 0 Å². The molecule has 0 radical (unpaired) electrons. The van der Waals surface area contributed by atoms with Gasteiger partial charge in [0, 0.05) is 18.7 Å². The summed E-state index contributed by atoms with van der Waals surface area (Å²) in [7, 11) is 0. The van der Waals surface area contributed by atoms with Crippen LogP contribution in [0.2, 0.25) is 0 Å². The summed E-state index contributed by atoms with van der Waals surface area (Å²) in [5.74, 6) is -1.08. The lowest BCUT2D eigenvalue weighted by molar-refractivity contribution is -0.144. The SMILES string of the molecule is Cc1cccc(C)c1NC(=O)NC1(C(=O)O)CCOC1. The lowest BCUT2D eigenvalue weighted by atomic mass is 9.99. The third-order valence-corrected chi connectivity index (χ3v) is 3.50. The zero-order valence-corrected chi connectivity index (χ0v) is 11.5. The fourth-order valence-corrected chi connectivity index (χ4v) is 2.26. The molecule has 108 valence electrons. The highest BCUT2D eigenvalue weighted by Gasteiger charge is 2.44. The average Bonchev–Trinajstić information content (AvgIpc) is 2.84. The monoisotopic (exact) mass is 278 g/mol. The smallest absolute Gasteiger partial charge is 0.332 e. The minimum Gasteiger partial charge on any atom is -0.479 e. The van der Waals surface area contributed by atoms with Gasteiger partial charge >= 0.3 is 12.0 Å². The van der Waals surface area contributed by atoms with Gasteiger partial charge in [-0.25, -0.2) is 9.59 Å². The van der Waals surface area contributed by atoms with Gasteiger partial charge in [0.15, 0.2) is 5.54 Å². The molecule has 0 bridgehead atoms. The molecule has 1 fully saturated rings. The van der Waals surface area contributed by atoms with E-state index in [2.05, 4.69) is 10.6 Å². The summed E-state index contributed by atoms with van der Waals surface area (Å²) < 4.78 is 5.10. The van der Waals surface area contributed by atoms with Gasteiger partial charge in [0.1, 0.15) is 0 Å². The quantitative estimate of drug-likeness (QED) is 0.784. The number of carbonyl (C=O) groups is 2. The third kappa shape index (κ3) is 2.75. The van der Waals surface area contributed by atoms with E-state index in [-0.39, 0.29) is 13.0 Å². The van der Waals surface area contributed by atoms with Crippen molar-refractivity contribution < 1.29 is 19.4 Å². The van der Waals surface area contributed by atoms with E-state index in [0.29, 0.717) is 12.3 Å². The maximum Gasteiger partial charge on any atom is 0.332 e. The number of carbonyl (C=O) groups excluding carboxylic acids is 1. The molecule has 2 rings (SSSR count). The van der Waals surface area contributed by atoms with Crippen molar-refractivity contribution in [3.8, 4) is 0 Å². The molecule has 1 aliphatic rings. The minimum absolute atomic E-state index is 0.0114. The van der Waals surface area contributed by atoms with Crippen molar-refractivity contribution in [3.05, 3.63) is 29.3 Å². The van der Waals surface area contributed by atoms with Crippen molar-refractivity contribution in [3.63, 3.8) is 0 Å². The Morgan fingerprint density at radius 3 is 2.45 bits per heavy atom. The Bertz CT molecular complexity index is 516. The Hall–Kier alpha value is -2.08. The number of anilines is 1. The fraction of sp³-hybridized carbons (Fsp3) is 0.429. The Morgan fingerprint density at radius 2 is 1.95 bits per heavy atom. The van der Waals surface area contributed by atoms with Gasteiger partial charge in [-0.2, -0.15) is 0 Å². The van der Waals surface area contributed by atoms with Crippen molar-refractivity contribution in [2.45, 2.75) is 25.8 Å². The number of aryl methyl sites for hydroxylation is 2. The first-order chi connectivity index (χ1) is 9.44. The molecule has 1 unspecified atom stereocenters. The molecule has 1 heterocycles. The molecule has 1 saturated heterocycles. The van der Waals surface area contributed by atoms with E-state index in [1.54, 1.807) is 0 Å². The topological polar surface area (TPSA) is 87.7 Å². The maximum atomic E-state index is 12.0. The minimum atomic E-state index is -1.33. The highest BCUT2D eigenvalue weighted by molar-refractivity contribution is 5.95. The van der Waals surface area contributed by atoms with Gasteiger partial charge in [-0.15, -0.1) is 0 Å². The van der Waals surface area contributed by atoms with E-state index < -0.39 is 17.5 Å². The van der Waals surface area contributed by atoms with Gasteiger partial charge in [0.05, 0.1) is 6.61 Å². The second-order valence-electron chi connectivity index (χ2n) is 5.04. The summed E-state index contributed by atoms with van der Waals surface area (Å²) in [6.07, 6.45) is 0.266. The van der Waals surface area contributed by atoms with Gasteiger partial charge in [-0.3, -0.25) is 0 Å². The number of benzene rings is 1. The van der Waals surface area contributed by atoms with Crippen LogP contribution in [0.15, 0.2) is 18.2 Å². The van der Waals surface area contributed by atoms with Crippen molar-refractivity contribution in [2.75, 3.05) is 18.5 Å². The van der Waals surface area contributed by atoms with Gasteiger partial charge in [0.2, 0.25) is 0 Å². The number of aliphatic carboxylic acids is 1. The van der Waals surface area contributed by atoms with Gasteiger partial charge < -0.3 is 20.5 Å². The predicted octanol–water partition coefficient (Wildman–Crippen LogP) is 1.67. The summed E-state index contributed by atoms with van der Waals surface area (Å²) >= 11 is 0. The van der Waals surface area contributed by atoms with Crippen LogP contribution >= 0.6 is 0 Å². The van der Waals surface area contributed by atoms with E-state index in [1.165, 1.54) is 0 Å².